The van der Waals surface area contributed by atoms with Crippen LogP contribution >= 0.6 is 0 Å². The maximum atomic E-state index is 12.6. The summed E-state index contributed by atoms with van der Waals surface area (Å²) >= 11 is 0. The fraction of sp³-hybridized carbons (Fsp3) is 0. The summed E-state index contributed by atoms with van der Waals surface area (Å²) in [7, 11) is 0. The van der Waals surface area contributed by atoms with Crippen molar-refractivity contribution in [2.24, 2.45) is 0 Å². The molecule has 0 unspecified atom stereocenters. The van der Waals surface area contributed by atoms with Crippen LogP contribution in [0.1, 0.15) is 10.4 Å². The van der Waals surface area contributed by atoms with Crippen LogP contribution in [0.15, 0.2) is 30.5 Å². The lowest BCUT2D eigenvalue weighted by Crippen LogP contribution is -2.09. The maximum absolute atomic E-state index is 12.6. The first kappa shape index (κ1) is 10.2. The number of esters is 1. The number of anilines is 1. The summed E-state index contributed by atoms with van der Waals surface area (Å²) in [6, 6.07) is 5.09. The summed E-state index contributed by atoms with van der Waals surface area (Å²) in [5.41, 5.74) is 5.58. The van der Waals surface area contributed by atoms with Crippen LogP contribution in [0.5, 0.6) is 5.75 Å². The molecule has 82 valence electrons. The van der Waals surface area contributed by atoms with Gasteiger partial charge in [0.15, 0.2) is 0 Å². The molecule has 1 heterocycles. The summed E-state index contributed by atoms with van der Waals surface area (Å²) in [5.74, 6) is -0.667. The smallest absolute Gasteiger partial charge is 0.348 e. The minimum Gasteiger partial charge on any atom is -0.423 e. The van der Waals surface area contributed by atoms with Crippen LogP contribution in [-0.4, -0.2) is 16.2 Å². The number of nitrogens with two attached hydrogens (primary N) is 1. The van der Waals surface area contributed by atoms with Gasteiger partial charge in [0, 0.05) is 0 Å². The van der Waals surface area contributed by atoms with E-state index in [9.17, 15) is 9.18 Å². The highest BCUT2D eigenvalue weighted by atomic mass is 19.1. The number of nitrogen functional groups attached to an aromatic ring is 1. The third kappa shape index (κ3) is 2.00. The molecule has 0 bridgehead atoms. The second-order valence-electron chi connectivity index (χ2n) is 3.04. The molecule has 1 aromatic heterocycles. The molecule has 0 aliphatic heterocycles. The SMILES string of the molecule is Nc1[nH]ncc1C(=O)Oc1ccc(F)cc1. The van der Waals surface area contributed by atoms with Crippen molar-refractivity contribution in [3.63, 3.8) is 0 Å². The minimum atomic E-state index is -0.641. The fourth-order valence-corrected chi connectivity index (χ4v) is 1.12. The average molecular weight is 221 g/mol. The number of carbonyl (C=O) groups is 1. The van der Waals surface area contributed by atoms with Crippen molar-refractivity contribution in [3.8, 4) is 5.75 Å². The number of ether oxygens (including phenoxy) is 1. The predicted octanol–water partition coefficient (Wildman–Crippen LogP) is 1.35. The Labute approximate surface area is 90.0 Å². The molecule has 2 aromatic rings. The molecule has 0 saturated heterocycles. The van der Waals surface area contributed by atoms with Crippen molar-refractivity contribution in [2.45, 2.75) is 0 Å². The molecule has 6 heteroatoms. The highest BCUT2D eigenvalue weighted by molar-refractivity contribution is 5.95. The highest BCUT2D eigenvalue weighted by Gasteiger charge is 2.13. The van der Waals surface area contributed by atoms with Crippen molar-refractivity contribution < 1.29 is 13.9 Å². The number of hydrogen-bond acceptors (Lipinski definition) is 4. The largest absolute Gasteiger partial charge is 0.423 e. The molecule has 0 spiro atoms. The lowest BCUT2D eigenvalue weighted by atomic mass is 10.3. The maximum Gasteiger partial charge on any atom is 0.348 e. The van der Waals surface area contributed by atoms with E-state index in [0.717, 1.165) is 0 Å². The van der Waals surface area contributed by atoms with Crippen LogP contribution in [0.25, 0.3) is 0 Å². The zero-order chi connectivity index (χ0) is 11.5. The molecule has 2 rings (SSSR count). The average Bonchev–Trinajstić information content (AvgIpc) is 2.68. The van der Waals surface area contributed by atoms with Crippen molar-refractivity contribution in [3.05, 3.63) is 41.8 Å². The Balaban J connectivity index is 2.14. The van der Waals surface area contributed by atoms with Gasteiger partial charge in [-0.05, 0) is 24.3 Å². The molecule has 0 fully saturated rings. The van der Waals surface area contributed by atoms with Crippen LogP contribution < -0.4 is 10.5 Å². The van der Waals surface area contributed by atoms with Crippen molar-refractivity contribution in [2.75, 3.05) is 5.73 Å². The number of aromatic nitrogens is 2. The monoisotopic (exact) mass is 221 g/mol. The lowest BCUT2D eigenvalue weighted by Gasteiger charge is -2.02. The van der Waals surface area contributed by atoms with Gasteiger partial charge in [-0.15, -0.1) is 0 Å². The second kappa shape index (κ2) is 4.01. The summed E-state index contributed by atoms with van der Waals surface area (Å²) in [4.78, 5) is 11.5. The summed E-state index contributed by atoms with van der Waals surface area (Å²) < 4.78 is 17.5. The molecule has 0 amide bonds. The zero-order valence-electron chi connectivity index (χ0n) is 8.11. The number of hydrogen-bond donors (Lipinski definition) is 2. The van der Waals surface area contributed by atoms with Gasteiger partial charge in [0.2, 0.25) is 0 Å². The van der Waals surface area contributed by atoms with Gasteiger partial charge in [0.25, 0.3) is 0 Å². The highest BCUT2D eigenvalue weighted by Crippen LogP contribution is 2.15. The summed E-state index contributed by atoms with van der Waals surface area (Å²) in [5, 5.41) is 6.00. The van der Waals surface area contributed by atoms with E-state index in [1.54, 1.807) is 0 Å². The first-order valence-corrected chi connectivity index (χ1v) is 4.43. The van der Waals surface area contributed by atoms with Crippen LogP contribution in [-0.2, 0) is 0 Å². The topological polar surface area (TPSA) is 81.0 Å². The van der Waals surface area contributed by atoms with Gasteiger partial charge in [-0.3, -0.25) is 5.10 Å². The number of rotatable bonds is 2. The molecule has 3 N–H and O–H groups in total. The molecule has 16 heavy (non-hydrogen) atoms. The van der Waals surface area contributed by atoms with Gasteiger partial charge in [0.1, 0.15) is 22.9 Å². The number of nitrogens with zero attached hydrogens (tertiary/aromatic N) is 1. The summed E-state index contributed by atoms with van der Waals surface area (Å²) in [6.45, 7) is 0. The molecule has 0 saturated carbocycles. The van der Waals surface area contributed by atoms with Gasteiger partial charge in [0.05, 0.1) is 6.20 Å². The van der Waals surface area contributed by atoms with E-state index in [-0.39, 0.29) is 17.1 Å². The Hall–Kier alpha value is -2.37. The quantitative estimate of drug-likeness (QED) is 0.592. The number of aromatic amines is 1. The number of benzene rings is 1. The number of halogens is 1. The molecular formula is C10H8FN3O2. The van der Waals surface area contributed by atoms with Crippen LogP contribution in [0.3, 0.4) is 0 Å². The third-order valence-corrected chi connectivity index (χ3v) is 1.91. The Morgan fingerprint density at radius 2 is 2.06 bits per heavy atom. The molecular weight excluding hydrogens is 213 g/mol. The van der Waals surface area contributed by atoms with Crippen molar-refractivity contribution in [1.29, 1.82) is 0 Å². The standard InChI is InChI=1S/C10H8FN3O2/c11-6-1-3-7(4-2-6)16-10(15)8-5-13-14-9(8)12/h1-5H,(H3,12,13,14). The normalized spacial score (nSPS) is 10.1. The van der Waals surface area contributed by atoms with E-state index in [4.69, 9.17) is 10.5 Å². The molecule has 0 aliphatic rings. The van der Waals surface area contributed by atoms with Crippen LogP contribution in [0, 0.1) is 5.82 Å². The van der Waals surface area contributed by atoms with E-state index in [2.05, 4.69) is 10.2 Å². The molecule has 1 aromatic carbocycles. The van der Waals surface area contributed by atoms with Crippen LogP contribution in [0.2, 0.25) is 0 Å². The number of carbonyl (C=O) groups excluding carboxylic acids is 1. The van der Waals surface area contributed by atoms with Crippen LogP contribution in [0.4, 0.5) is 10.2 Å². The molecule has 5 nitrogen and oxygen atoms in total. The first-order valence-electron chi connectivity index (χ1n) is 4.43. The Morgan fingerprint density at radius 3 is 2.62 bits per heavy atom. The Morgan fingerprint density at radius 1 is 1.38 bits per heavy atom. The van der Waals surface area contributed by atoms with Gasteiger partial charge < -0.3 is 10.5 Å². The van der Waals surface area contributed by atoms with Gasteiger partial charge in [-0.25, -0.2) is 9.18 Å². The molecule has 0 aliphatic carbocycles. The van der Waals surface area contributed by atoms with E-state index in [1.807, 2.05) is 0 Å². The van der Waals surface area contributed by atoms with E-state index in [0.29, 0.717) is 0 Å². The van der Waals surface area contributed by atoms with Gasteiger partial charge in [-0.2, -0.15) is 5.10 Å². The lowest BCUT2D eigenvalue weighted by molar-refractivity contribution is 0.0736. The number of H-pyrrole nitrogens is 1. The Kier molecular flexibility index (Phi) is 2.55. The predicted molar refractivity (Wildman–Crippen MR) is 54.4 cm³/mol. The zero-order valence-corrected chi connectivity index (χ0v) is 8.11. The molecule has 0 atom stereocenters. The van der Waals surface area contributed by atoms with Gasteiger partial charge >= 0.3 is 5.97 Å². The number of nitrogens with one attached hydrogen (secondary N) is 1. The summed E-state index contributed by atoms with van der Waals surface area (Å²) in [6.07, 6.45) is 1.27. The molecule has 0 radical (unpaired) electrons. The van der Waals surface area contributed by atoms with Gasteiger partial charge in [-0.1, -0.05) is 0 Å². The van der Waals surface area contributed by atoms with Crippen molar-refractivity contribution >= 4 is 11.8 Å². The fourth-order valence-electron chi connectivity index (χ4n) is 1.12. The van der Waals surface area contributed by atoms with E-state index < -0.39 is 11.8 Å². The second-order valence-corrected chi connectivity index (χ2v) is 3.04. The first-order chi connectivity index (χ1) is 7.66. The van der Waals surface area contributed by atoms with E-state index in [1.165, 1.54) is 30.5 Å². The van der Waals surface area contributed by atoms with E-state index >= 15 is 0 Å². The Bertz CT molecular complexity index is 507. The minimum absolute atomic E-state index is 0.132. The van der Waals surface area contributed by atoms with Crippen molar-refractivity contribution in [1.82, 2.24) is 10.2 Å². The third-order valence-electron chi connectivity index (χ3n) is 1.91.